The number of methoxy groups -OCH3 is 1. The van der Waals surface area contributed by atoms with E-state index < -0.39 is 17.8 Å². The van der Waals surface area contributed by atoms with Gasteiger partial charge in [-0.2, -0.15) is 18.2 Å². The Balaban J connectivity index is 1.47. The Hall–Kier alpha value is -4.39. The van der Waals surface area contributed by atoms with Crippen molar-refractivity contribution in [3.63, 3.8) is 0 Å². The first kappa shape index (κ1) is 33.0. The zero-order valence-corrected chi connectivity index (χ0v) is 26.3. The second-order valence-electron chi connectivity index (χ2n) is 11.7. The molecule has 2 fully saturated rings. The van der Waals surface area contributed by atoms with Crippen LogP contribution < -0.4 is 20.3 Å². The van der Waals surface area contributed by atoms with E-state index in [0.717, 1.165) is 50.5 Å². The Labute approximate surface area is 267 Å². The van der Waals surface area contributed by atoms with Crippen molar-refractivity contribution in [2.45, 2.75) is 63.3 Å². The number of ether oxygens (including phenoxy) is 1. The summed E-state index contributed by atoms with van der Waals surface area (Å²) in [6, 6.07) is 13.8. The average Bonchev–Trinajstić information content (AvgIpc) is 3.05. The molecule has 1 atom stereocenters. The van der Waals surface area contributed by atoms with Gasteiger partial charge in [0.05, 0.1) is 24.6 Å². The molecule has 0 radical (unpaired) electrons. The summed E-state index contributed by atoms with van der Waals surface area (Å²) in [5.41, 5.74) is 1.34. The quantitative estimate of drug-likeness (QED) is 0.260. The molecule has 3 aromatic rings. The number of nitrogens with one attached hydrogen (secondary N) is 2. The number of alkyl halides is 3. The van der Waals surface area contributed by atoms with Crippen molar-refractivity contribution < 1.29 is 27.5 Å². The first-order valence-electron chi connectivity index (χ1n) is 15.5. The minimum absolute atomic E-state index is 0.0519. The summed E-state index contributed by atoms with van der Waals surface area (Å²) in [4.78, 5) is 30.5. The Morgan fingerprint density at radius 1 is 1.09 bits per heavy atom. The molecule has 1 saturated carbocycles. The third-order valence-corrected chi connectivity index (χ3v) is 8.44. The molecule has 5 rings (SSSR count). The summed E-state index contributed by atoms with van der Waals surface area (Å²) in [6.07, 6.45) is 0.716. The van der Waals surface area contributed by atoms with Crippen LogP contribution >= 0.6 is 0 Å². The van der Waals surface area contributed by atoms with E-state index in [1.54, 1.807) is 23.1 Å². The minimum Gasteiger partial charge on any atom is -0.495 e. The Morgan fingerprint density at radius 3 is 2.54 bits per heavy atom. The highest BCUT2D eigenvalue weighted by atomic mass is 19.4. The number of carbonyl (C=O) groups excluding carboxylic acids is 1. The van der Waals surface area contributed by atoms with Crippen LogP contribution in [0.2, 0.25) is 0 Å². The highest BCUT2D eigenvalue weighted by Crippen LogP contribution is 2.39. The van der Waals surface area contributed by atoms with Gasteiger partial charge >= 0.3 is 6.18 Å². The molecule has 2 heterocycles. The average molecular weight is 640 g/mol. The lowest BCUT2D eigenvalue weighted by Crippen LogP contribution is -2.44. The lowest BCUT2D eigenvalue weighted by atomic mass is 9.91. The number of hydrogen-bond donors (Lipinski definition) is 2. The number of aromatic nitrogens is 2. The van der Waals surface area contributed by atoms with Crippen LogP contribution in [0.5, 0.6) is 5.75 Å². The van der Waals surface area contributed by atoms with Crippen LogP contribution in [0.25, 0.3) is 0 Å². The number of amides is 1. The number of hydrogen-bond acceptors (Lipinski definition) is 9. The standard InChI is InChI=1S/C33H40F3N7O3/c1-42-17-15-24(16-18-42)38-31(44)23-13-14-27(29(19-23)45-2)39-32-37-20-25(33(34,35)36)30(40-32)43(21-22-9-5-4-6-10-22)28-12-8-7-11-26(28)41-46-3/h4-6,9-10,13-14,19-20,24,28H,7-8,11-12,15-18,21H2,1-3H3,(H,38,44)(H,37,39,40)/t28-/m1/s1. The zero-order chi connectivity index (χ0) is 32.7. The van der Waals surface area contributed by atoms with Crippen molar-refractivity contribution >= 4 is 29.1 Å². The van der Waals surface area contributed by atoms with Gasteiger partial charge in [-0.05, 0) is 76.0 Å². The van der Waals surface area contributed by atoms with Gasteiger partial charge in [0.1, 0.15) is 24.2 Å². The topological polar surface area (TPSA) is 104 Å². The number of nitrogens with zero attached hydrogens (tertiary/aromatic N) is 5. The number of oxime groups is 1. The van der Waals surface area contributed by atoms with Crippen LogP contribution in [0, 0.1) is 0 Å². The first-order chi connectivity index (χ1) is 22.2. The summed E-state index contributed by atoms with van der Waals surface area (Å²) in [5.74, 6) is -0.212. The SMILES string of the molecule is CON=C1CCCC[C@H]1N(Cc1ccccc1)c1nc(Nc2ccc(C(=O)NC3CCN(C)CC3)cc2OC)ncc1C(F)(F)F. The zero-order valence-electron chi connectivity index (χ0n) is 26.3. The van der Waals surface area contributed by atoms with Crippen molar-refractivity contribution in [3.8, 4) is 5.75 Å². The molecule has 10 nitrogen and oxygen atoms in total. The predicted octanol–water partition coefficient (Wildman–Crippen LogP) is 6.02. The lowest BCUT2D eigenvalue weighted by Gasteiger charge is -2.37. The maximum Gasteiger partial charge on any atom is 0.421 e. The Bertz CT molecular complexity index is 1510. The number of halogens is 3. The third kappa shape index (κ3) is 8.06. The van der Waals surface area contributed by atoms with Crippen molar-refractivity contribution in [2.24, 2.45) is 5.16 Å². The number of piperidine rings is 1. The third-order valence-electron chi connectivity index (χ3n) is 8.44. The smallest absolute Gasteiger partial charge is 0.421 e. The molecule has 2 N–H and O–H groups in total. The van der Waals surface area contributed by atoms with Gasteiger partial charge in [0.2, 0.25) is 5.95 Å². The fraction of sp³-hybridized carbons (Fsp3) is 0.455. The molecule has 2 aromatic carbocycles. The van der Waals surface area contributed by atoms with Gasteiger partial charge in [-0.1, -0.05) is 41.9 Å². The number of carbonyl (C=O) groups is 1. The van der Waals surface area contributed by atoms with Crippen LogP contribution in [0.1, 0.15) is 60.0 Å². The summed E-state index contributed by atoms with van der Waals surface area (Å²) in [6.45, 7) is 1.99. The molecule has 0 spiro atoms. The molecule has 1 saturated heterocycles. The van der Waals surface area contributed by atoms with E-state index in [0.29, 0.717) is 35.6 Å². The van der Waals surface area contributed by atoms with Crippen LogP contribution in [0.4, 0.5) is 30.6 Å². The first-order valence-corrected chi connectivity index (χ1v) is 15.5. The number of likely N-dealkylation sites (tertiary alicyclic amines) is 1. The van der Waals surface area contributed by atoms with Gasteiger partial charge in [-0.15, -0.1) is 0 Å². The largest absolute Gasteiger partial charge is 0.495 e. The molecule has 0 unspecified atom stereocenters. The van der Waals surface area contributed by atoms with E-state index in [2.05, 4.69) is 37.7 Å². The molecule has 1 aromatic heterocycles. The van der Waals surface area contributed by atoms with Crippen LogP contribution in [-0.2, 0) is 17.6 Å². The highest BCUT2D eigenvalue weighted by molar-refractivity contribution is 5.95. The number of anilines is 3. The van der Waals surface area contributed by atoms with Gasteiger partial charge in [-0.3, -0.25) is 4.79 Å². The minimum atomic E-state index is -4.71. The van der Waals surface area contributed by atoms with Gasteiger partial charge in [0.25, 0.3) is 5.91 Å². The van der Waals surface area contributed by atoms with Gasteiger partial charge in [0, 0.05) is 24.3 Å². The molecular weight excluding hydrogens is 599 g/mol. The maximum absolute atomic E-state index is 14.5. The monoisotopic (exact) mass is 639 g/mol. The number of benzene rings is 2. The van der Waals surface area contributed by atoms with Gasteiger partial charge in [0.15, 0.2) is 0 Å². The molecule has 2 aliphatic rings. The molecule has 1 aliphatic heterocycles. The molecule has 46 heavy (non-hydrogen) atoms. The maximum atomic E-state index is 14.5. The molecule has 246 valence electrons. The van der Waals surface area contributed by atoms with Crippen molar-refractivity contribution in [1.82, 2.24) is 20.2 Å². The summed E-state index contributed by atoms with van der Waals surface area (Å²) >= 11 is 0. The Kier molecular flexibility index (Phi) is 10.6. The fourth-order valence-corrected chi connectivity index (χ4v) is 5.98. The van der Waals surface area contributed by atoms with Gasteiger partial charge < -0.3 is 30.0 Å². The van der Waals surface area contributed by atoms with Gasteiger partial charge in [-0.25, -0.2) is 4.98 Å². The van der Waals surface area contributed by atoms with E-state index >= 15 is 0 Å². The van der Waals surface area contributed by atoms with Crippen LogP contribution in [-0.4, -0.2) is 72.9 Å². The van der Waals surface area contributed by atoms with E-state index in [4.69, 9.17) is 9.57 Å². The summed E-state index contributed by atoms with van der Waals surface area (Å²) in [5, 5.41) is 10.3. The number of rotatable bonds is 10. The highest BCUT2D eigenvalue weighted by Gasteiger charge is 2.40. The molecule has 1 aliphatic carbocycles. The summed E-state index contributed by atoms with van der Waals surface area (Å²) in [7, 11) is 4.95. The molecule has 0 bridgehead atoms. The van der Waals surface area contributed by atoms with Crippen molar-refractivity contribution in [3.05, 3.63) is 71.4 Å². The second kappa shape index (κ2) is 14.8. The van der Waals surface area contributed by atoms with Crippen LogP contribution in [0.15, 0.2) is 59.9 Å². The molecule has 13 heteroatoms. The normalized spacial score (nSPS) is 18.7. The van der Waals surface area contributed by atoms with E-state index in [1.165, 1.54) is 14.2 Å². The second-order valence-corrected chi connectivity index (χ2v) is 11.7. The van der Waals surface area contributed by atoms with Crippen LogP contribution in [0.3, 0.4) is 0 Å². The van der Waals surface area contributed by atoms with E-state index in [9.17, 15) is 18.0 Å². The molecule has 1 amide bonds. The Morgan fingerprint density at radius 2 is 1.85 bits per heavy atom. The van der Waals surface area contributed by atoms with E-state index in [1.807, 2.05) is 30.3 Å². The fourth-order valence-electron chi connectivity index (χ4n) is 5.98. The van der Waals surface area contributed by atoms with Crippen molar-refractivity contribution in [2.75, 3.05) is 44.6 Å². The van der Waals surface area contributed by atoms with Crippen molar-refractivity contribution in [1.29, 1.82) is 0 Å². The summed E-state index contributed by atoms with van der Waals surface area (Å²) < 4.78 is 49.1. The predicted molar refractivity (Wildman–Crippen MR) is 171 cm³/mol. The van der Waals surface area contributed by atoms with E-state index in [-0.39, 0.29) is 30.3 Å². The molecular formula is C33H40F3N7O3. The lowest BCUT2D eigenvalue weighted by molar-refractivity contribution is -0.137.